The summed E-state index contributed by atoms with van der Waals surface area (Å²) in [4.78, 5) is 3.90. The molecule has 0 radical (unpaired) electrons. The Morgan fingerprint density at radius 2 is 2.50 bits per heavy atom. The number of nitrogens with zero attached hydrogens (tertiary/aromatic N) is 2. The molecule has 2 nitrogen and oxygen atoms in total. The molecule has 0 aromatic rings. The maximum atomic E-state index is 3.90. The molecule has 42 valence electrons. The van der Waals surface area contributed by atoms with E-state index in [-0.39, 0.29) is 0 Å². The molecule has 0 fully saturated rings. The Bertz CT molecular complexity index is 144. The highest BCUT2D eigenvalue weighted by Gasteiger charge is 2.13. The SMILES string of the molecule is C=C[N+]1(C)C=CN=C1. The highest BCUT2D eigenvalue weighted by molar-refractivity contribution is 5.51. The first-order chi connectivity index (χ1) is 3.77. The van der Waals surface area contributed by atoms with Crippen molar-refractivity contribution in [2.75, 3.05) is 7.05 Å². The predicted molar refractivity (Wildman–Crippen MR) is 34.0 cm³/mol. The van der Waals surface area contributed by atoms with Gasteiger partial charge in [-0.25, -0.2) is 9.48 Å². The molecule has 0 saturated carbocycles. The molecule has 1 rings (SSSR count). The van der Waals surface area contributed by atoms with Gasteiger partial charge in [-0.15, -0.1) is 0 Å². The average Bonchev–Trinajstić information content (AvgIpc) is 2.17. The van der Waals surface area contributed by atoms with Crippen molar-refractivity contribution in [3.8, 4) is 0 Å². The molecule has 1 heterocycles. The van der Waals surface area contributed by atoms with Crippen molar-refractivity contribution in [2.24, 2.45) is 4.99 Å². The lowest BCUT2D eigenvalue weighted by Crippen LogP contribution is -2.26. The maximum Gasteiger partial charge on any atom is 0.199 e. The van der Waals surface area contributed by atoms with Crippen LogP contribution in [0, 0.1) is 0 Å². The van der Waals surface area contributed by atoms with Gasteiger partial charge in [0.25, 0.3) is 0 Å². The van der Waals surface area contributed by atoms with Crippen LogP contribution in [0.15, 0.2) is 30.2 Å². The summed E-state index contributed by atoms with van der Waals surface area (Å²) in [5, 5.41) is 0. The van der Waals surface area contributed by atoms with Gasteiger partial charge in [0.2, 0.25) is 0 Å². The number of hydrogen-bond donors (Lipinski definition) is 0. The molecule has 0 saturated heterocycles. The van der Waals surface area contributed by atoms with Crippen molar-refractivity contribution in [3.05, 3.63) is 25.2 Å². The van der Waals surface area contributed by atoms with E-state index < -0.39 is 0 Å². The number of aliphatic imine (C=N–C) groups is 1. The van der Waals surface area contributed by atoms with Crippen molar-refractivity contribution >= 4 is 6.34 Å². The highest BCUT2D eigenvalue weighted by Crippen LogP contribution is 2.05. The first-order valence-corrected chi connectivity index (χ1v) is 2.48. The van der Waals surface area contributed by atoms with Crippen LogP contribution in [0.3, 0.4) is 0 Å². The Labute approximate surface area is 49.0 Å². The molecule has 1 unspecified atom stereocenters. The van der Waals surface area contributed by atoms with Gasteiger partial charge in [-0.3, -0.25) is 0 Å². The third-order valence-electron chi connectivity index (χ3n) is 1.18. The zero-order chi connectivity index (χ0) is 6.04. The zero-order valence-electron chi connectivity index (χ0n) is 4.91. The molecule has 0 aromatic heterocycles. The number of hydrogen-bond acceptors (Lipinski definition) is 1. The molecular weight excluding hydrogens is 100 g/mol. The molecule has 0 aliphatic carbocycles. The van der Waals surface area contributed by atoms with Crippen LogP contribution in [0.5, 0.6) is 0 Å². The van der Waals surface area contributed by atoms with Crippen molar-refractivity contribution in [2.45, 2.75) is 0 Å². The third-order valence-corrected chi connectivity index (χ3v) is 1.18. The van der Waals surface area contributed by atoms with Crippen LogP contribution in [-0.2, 0) is 0 Å². The van der Waals surface area contributed by atoms with Crippen LogP contribution in [0.25, 0.3) is 0 Å². The molecule has 2 heteroatoms. The van der Waals surface area contributed by atoms with Gasteiger partial charge < -0.3 is 0 Å². The molecule has 1 atom stereocenters. The lowest BCUT2D eigenvalue weighted by Gasteiger charge is -2.13. The molecule has 0 spiro atoms. The van der Waals surface area contributed by atoms with E-state index in [2.05, 4.69) is 11.6 Å². The van der Waals surface area contributed by atoms with Crippen LogP contribution in [0.4, 0.5) is 0 Å². The van der Waals surface area contributed by atoms with Gasteiger partial charge in [-0.2, -0.15) is 0 Å². The van der Waals surface area contributed by atoms with E-state index in [0.29, 0.717) is 4.48 Å². The minimum atomic E-state index is 0.611. The fourth-order valence-electron chi connectivity index (χ4n) is 0.511. The van der Waals surface area contributed by atoms with E-state index in [0.717, 1.165) is 0 Å². The topological polar surface area (TPSA) is 12.4 Å². The Morgan fingerprint density at radius 3 is 2.75 bits per heavy atom. The van der Waals surface area contributed by atoms with E-state index in [1.165, 1.54) is 0 Å². The van der Waals surface area contributed by atoms with E-state index in [9.17, 15) is 0 Å². The van der Waals surface area contributed by atoms with Crippen LogP contribution >= 0.6 is 0 Å². The standard InChI is InChI=1S/C6H9N2/c1-3-8(2)5-4-7-6-8/h3-6H,1H2,2H3/q+1. The van der Waals surface area contributed by atoms with Gasteiger partial charge in [0, 0.05) is 0 Å². The van der Waals surface area contributed by atoms with E-state index in [4.69, 9.17) is 0 Å². The summed E-state index contributed by atoms with van der Waals surface area (Å²) in [6.45, 7) is 3.64. The zero-order valence-corrected chi connectivity index (χ0v) is 4.91. The summed E-state index contributed by atoms with van der Waals surface area (Å²) < 4.78 is 0.611. The molecule has 1 aliphatic heterocycles. The lowest BCUT2D eigenvalue weighted by atomic mass is 10.6. The van der Waals surface area contributed by atoms with Crippen LogP contribution in [0.2, 0.25) is 0 Å². The summed E-state index contributed by atoms with van der Waals surface area (Å²) in [5.41, 5.74) is 0. The van der Waals surface area contributed by atoms with Crippen LogP contribution < -0.4 is 0 Å². The Morgan fingerprint density at radius 1 is 1.75 bits per heavy atom. The quantitative estimate of drug-likeness (QED) is 0.447. The Hall–Kier alpha value is -0.890. The summed E-state index contributed by atoms with van der Waals surface area (Å²) in [6, 6.07) is 0. The summed E-state index contributed by atoms with van der Waals surface area (Å²) in [5.74, 6) is 0. The van der Waals surface area contributed by atoms with E-state index in [1.54, 1.807) is 6.20 Å². The normalized spacial score (nSPS) is 33.6. The largest absolute Gasteiger partial charge is 0.230 e. The molecule has 0 N–H and O–H groups in total. The van der Waals surface area contributed by atoms with Gasteiger partial charge in [-0.05, 0) is 6.58 Å². The predicted octanol–water partition coefficient (Wildman–Crippen LogP) is 1.09. The van der Waals surface area contributed by atoms with E-state index in [1.807, 2.05) is 25.8 Å². The van der Waals surface area contributed by atoms with Crippen molar-refractivity contribution in [3.63, 3.8) is 0 Å². The first-order valence-electron chi connectivity index (χ1n) is 2.48. The summed E-state index contributed by atoms with van der Waals surface area (Å²) in [7, 11) is 2.00. The van der Waals surface area contributed by atoms with Crippen LogP contribution in [-0.4, -0.2) is 17.9 Å². The van der Waals surface area contributed by atoms with Gasteiger partial charge in [0.05, 0.1) is 19.4 Å². The fraction of sp³-hybridized carbons (Fsp3) is 0.167. The molecule has 0 amide bonds. The highest BCUT2D eigenvalue weighted by atomic mass is 15.3. The fourth-order valence-corrected chi connectivity index (χ4v) is 0.511. The second kappa shape index (κ2) is 1.56. The Kier molecular flexibility index (Phi) is 1.02. The smallest absolute Gasteiger partial charge is 0.199 e. The average molecular weight is 109 g/mol. The summed E-state index contributed by atoms with van der Waals surface area (Å²) in [6.07, 6.45) is 7.34. The van der Waals surface area contributed by atoms with Gasteiger partial charge in [0.1, 0.15) is 6.20 Å². The molecule has 0 bridgehead atoms. The molecular formula is C6H9N2+. The summed E-state index contributed by atoms with van der Waals surface area (Å²) >= 11 is 0. The molecule has 8 heavy (non-hydrogen) atoms. The number of quaternary nitrogens is 1. The van der Waals surface area contributed by atoms with Crippen molar-refractivity contribution in [1.82, 2.24) is 0 Å². The molecule has 1 aliphatic rings. The minimum Gasteiger partial charge on any atom is -0.230 e. The van der Waals surface area contributed by atoms with Gasteiger partial charge in [0.15, 0.2) is 6.34 Å². The third kappa shape index (κ3) is 0.699. The maximum absolute atomic E-state index is 3.90. The molecule has 0 aromatic carbocycles. The Balaban J connectivity index is 2.83. The lowest BCUT2D eigenvalue weighted by molar-refractivity contribution is -0.696. The second-order valence-corrected chi connectivity index (χ2v) is 1.97. The van der Waals surface area contributed by atoms with E-state index >= 15 is 0 Å². The monoisotopic (exact) mass is 109 g/mol. The minimum absolute atomic E-state index is 0.611. The number of rotatable bonds is 1. The van der Waals surface area contributed by atoms with Crippen LogP contribution in [0.1, 0.15) is 0 Å². The van der Waals surface area contributed by atoms with Crippen molar-refractivity contribution < 1.29 is 4.48 Å². The second-order valence-electron chi connectivity index (χ2n) is 1.97. The van der Waals surface area contributed by atoms with Gasteiger partial charge in [-0.1, -0.05) is 0 Å². The first kappa shape index (κ1) is 5.25. The van der Waals surface area contributed by atoms with Crippen molar-refractivity contribution in [1.29, 1.82) is 0 Å². The van der Waals surface area contributed by atoms with Gasteiger partial charge >= 0.3 is 0 Å².